The van der Waals surface area contributed by atoms with Crippen LogP contribution in [0, 0.1) is 0 Å². The Morgan fingerprint density at radius 2 is 2.67 bits per heavy atom. The molecular formula is C8H11N3S. The fourth-order valence-corrected chi connectivity index (χ4v) is 1.78. The largest absolute Gasteiger partial charge is 0.325 e. The lowest BCUT2D eigenvalue weighted by atomic mass is 10.3. The molecule has 0 aliphatic carbocycles. The van der Waals surface area contributed by atoms with Gasteiger partial charge in [-0.05, 0) is 13.0 Å². The summed E-state index contributed by atoms with van der Waals surface area (Å²) < 4.78 is 0. The fourth-order valence-electron chi connectivity index (χ4n) is 1.17. The van der Waals surface area contributed by atoms with Gasteiger partial charge < -0.3 is 5.43 Å². The molecule has 0 bridgehead atoms. The molecule has 0 saturated carbocycles. The zero-order chi connectivity index (χ0) is 8.39. The smallest absolute Gasteiger partial charge is 0.108 e. The Labute approximate surface area is 75.7 Å². The average Bonchev–Trinajstić information content (AvgIpc) is 2.65. The summed E-state index contributed by atoms with van der Waals surface area (Å²) in [6, 6.07) is 0.467. The number of hydrogen-bond acceptors (Lipinski definition) is 4. The van der Waals surface area contributed by atoms with E-state index in [-0.39, 0.29) is 0 Å². The summed E-state index contributed by atoms with van der Waals surface area (Å²) in [6.07, 6.45) is 5.94. The molecule has 0 saturated heterocycles. The highest BCUT2D eigenvalue weighted by Gasteiger charge is 2.15. The van der Waals surface area contributed by atoms with Crippen LogP contribution in [0.15, 0.2) is 23.9 Å². The molecule has 12 heavy (non-hydrogen) atoms. The second-order valence-electron chi connectivity index (χ2n) is 2.78. The number of nitrogens with one attached hydrogen (secondary N) is 1. The van der Waals surface area contributed by atoms with E-state index in [4.69, 9.17) is 0 Å². The molecule has 1 aliphatic heterocycles. The minimum absolute atomic E-state index is 0.467. The first-order valence-electron chi connectivity index (χ1n) is 3.94. The quantitative estimate of drug-likeness (QED) is 0.746. The molecule has 3 nitrogen and oxygen atoms in total. The van der Waals surface area contributed by atoms with E-state index in [0.717, 1.165) is 11.6 Å². The van der Waals surface area contributed by atoms with Crippen LogP contribution >= 0.6 is 11.3 Å². The molecule has 1 aromatic heterocycles. The van der Waals surface area contributed by atoms with Crippen molar-refractivity contribution in [1.82, 2.24) is 15.4 Å². The van der Waals surface area contributed by atoms with Gasteiger partial charge in [0.25, 0.3) is 0 Å². The predicted octanol–water partition coefficient (Wildman–Crippen LogP) is 1.37. The van der Waals surface area contributed by atoms with Crippen LogP contribution in [0.2, 0.25) is 0 Å². The number of hydrazine groups is 1. The van der Waals surface area contributed by atoms with Crippen molar-refractivity contribution in [3.8, 4) is 0 Å². The van der Waals surface area contributed by atoms with Crippen LogP contribution in [0.4, 0.5) is 0 Å². The molecule has 2 heterocycles. The van der Waals surface area contributed by atoms with Gasteiger partial charge in [0.05, 0.1) is 6.54 Å². The summed E-state index contributed by atoms with van der Waals surface area (Å²) in [4.78, 5) is 4.22. The highest BCUT2D eigenvalue weighted by Crippen LogP contribution is 2.11. The third-order valence-corrected chi connectivity index (χ3v) is 2.66. The van der Waals surface area contributed by atoms with Crippen LogP contribution < -0.4 is 5.43 Å². The summed E-state index contributed by atoms with van der Waals surface area (Å²) in [7, 11) is 0. The Morgan fingerprint density at radius 3 is 3.25 bits per heavy atom. The molecule has 4 heteroatoms. The first kappa shape index (κ1) is 7.76. The number of hydrogen-bond donors (Lipinski definition) is 1. The van der Waals surface area contributed by atoms with E-state index in [9.17, 15) is 0 Å². The molecule has 1 atom stereocenters. The van der Waals surface area contributed by atoms with E-state index < -0.39 is 0 Å². The van der Waals surface area contributed by atoms with Gasteiger partial charge in [-0.1, -0.05) is 0 Å². The highest BCUT2D eigenvalue weighted by molar-refractivity contribution is 7.09. The van der Waals surface area contributed by atoms with Gasteiger partial charge >= 0.3 is 0 Å². The lowest BCUT2D eigenvalue weighted by Gasteiger charge is -2.19. The van der Waals surface area contributed by atoms with Crippen molar-refractivity contribution in [1.29, 1.82) is 0 Å². The first-order valence-corrected chi connectivity index (χ1v) is 4.82. The third kappa shape index (κ3) is 1.49. The number of thiazole rings is 1. The van der Waals surface area contributed by atoms with Crippen molar-refractivity contribution in [2.45, 2.75) is 19.5 Å². The van der Waals surface area contributed by atoms with Crippen molar-refractivity contribution in [2.24, 2.45) is 0 Å². The van der Waals surface area contributed by atoms with E-state index in [1.807, 2.05) is 17.8 Å². The molecule has 0 spiro atoms. The van der Waals surface area contributed by atoms with Crippen molar-refractivity contribution in [3.05, 3.63) is 28.9 Å². The normalized spacial score (nSPS) is 22.9. The summed E-state index contributed by atoms with van der Waals surface area (Å²) >= 11 is 1.69. The topological polar surface area (TPSA) is 28.2 Å². The third-order valence-electron chi connectivity index (χ3n) is 1.90. The second-order valence-corrected chi connectivity index (χ2v) is 3.76. The number of aromatic nitrogens is 1. The van der Waals surface area contributed by atoms with Crippen LogP contribution in [0.1, 0.15) is 11.9 Å². The SMILES string of the molecule is CC1C=CNN1Cc1nccs1. The van der Waals surface area contributed by atoms with E-state index in [1.165, 1.54) is 0 Å². The molecule has 0 fully saturated rings. The standard InChI is InChI=1S/C8H11N3S/c1-7-2-3-10-11(7)6-8-9-4-5-12-8/h2-5,7,10H,6H2,1H3. The van der Waals surface area contributed by atoms with Gasteiger partial charge in [-0.2, -0.15) is 0 Å². The maximum absolute atomic E-state index is 4.22. The molecule has 1 aliphatic rings. The minimum atomic E-state index is 0.467. The van der Waals surface area contributed by atoms with Crippen molar-refractivity contribution in [3.63, 3.8) is 0 Å². The Bertz CT molecular complexity index is 268. The second kappa shape index (κ2) is 3.25. The van der Waals surface area contributed by atoms with E-state index in [1.54, 1.807) is 11.3 Å². The molecule has 1 unspecified atom stereocenters. The van der Waals surface area contributed by atoms with Crippen LogP contribution in [0.5, 0.6) is 0 Å². The van der Waals surface area contributed by atoms with Gasteiger partial charge in [-0.15, -0.1) is 11.3 Å². The van der Waals surface area contributed by atoms with Crippen LogP contribution in [0.3, 0.4) is 0 Å². The molecule has 2 rings (SSSR count). The van der Waals surface area contributed by atoms with Gasteiger partial charge in [0.1, 0.15) is 5.01 Å². The van der Waals surface area contributed by atoms with Crippen molar-refractivity contribution >= 4 is 11.3 Å². The molecule has 64 valence electrons. The Kier molecular flexibility index (Phi) is 2.10. The maximum Gasteiger partial charge on any atom is 0.108 e. The molecule has 0 radical (unpaired) electrons. The zero-order valence-electron chi connectivity index (χ0n) is 6.90. The molecule has 0 amide bonds. The summed E-state index contributed by atoms with van der Waals surface area (Å²) in [5.41, 5.74) is 3.16. The first-order chi connectivity index (χ1) is 5.86. The summed E-state index contributed by atoms with van der Waals surface area (Å²) in [6.45, 7) is 3.04. The summed E-state index contributed by atoms with van der Waals surface area (Å²) in [5.74, 6) is 0. The van der Waals surface area contributed by atoms with Gasteiger partial charge in [0, 0.05) is 23.8 Å². The lowest BCUT2D eigenvalue weighted by molar-refractivity contribution is 0.202. The van der Waals surface area contributed by atoms with Crippen molar-refractivity contribution < 1.29 is 0 Å². The van der Waals surface area contributed by atoms with Crippen LogP contribution in [-0.2, 0) is 6.54 Å². The van der Waals surface area contributed by atoms with Gasteiger partial charge in [0.15, 0.2) is 0 Å². The molecule has 1 N–H and O–H groups in total. The molecular weight excluding hydrogens is 170 g/mol. The molecule has 1 aromatic rings. The predicted molar refractivity (Wildman–Crippen MR) is 49.4 cm³/mol. The number of rotatable bonds is 2. The van der Waals surface area contributed by atoms with Gasteiger partial charge in [-0.3, -0.25) is 0 Å². The van der Waals surface area contributed by atoms with Crippen molar-refractivity contribution in [2.75, 3.05) is 0 Å². The Hall–Kier alpha value is -0.870. The Balaban J connectivity index is 1.96. The molecule has 0 aromatic carbocycles. The average molecular weight is 181 g/mol. The highest BCUT2D eigenvalue weighted by atomic mass is 32.1. The van der Waals surface area contributed by atoms with Gasteiger partial charge in [0.2, 0.25) is 0 Å². The van der Waals surface area contributed by atoms with Crippen LogP contribution in [0.25, 0.3) is 0 Å². The van der Waals surface area contributed by atoms with Crippen LogP contribution in [-0.4, -0.2) is 16.0 Å². The lowest BCUT2D eigenvalue weighted by Crippen LogP contribution is -2.34. The maximum atomic E-state index is 4.22. The number of nitrogens with zero attached hydrogens (tertiary/aromatic N) is 2. The Morgan fingerprint density at radius 1 is 1.75 bits per heavy atom. The van der Waals surface area contributed by atoms with Gasteiger partial charge in [-0.25, -0.2) is 9.99 Å². The summed E-state index contributed by atoms with van der Waals surface area (Å²) in [5, 5.41) is 5.31. The van der Waals surface area contributed by atoms with E-state index in [0.29, 0.717) is 6.04 Å². The zero-order valence-corrected chi connectivity index (χ0v) is 7.71. The fraction of sp³-hybridized carbons (Fsp3) is 0.375. The van der Waals surface area contributed by atoms with E-state index >= 15 is 0 Å². The minimum Gasteiger partial charge on any atom is -0.325 e. The van der Waals surface area contributed by atoms with E-state index in [2.05, 4.69) is 28.4 Å². The monoisotopic (exact) mass is 181 g/mol.